The van der Waals surface area contributed by atoms with Crippen LogP contribution in [0.2, 0.25) is 0 Å². The molecule has 0 radical (unpaired) electrons. The summed E-state index contributed by atoms with van der Waals surface area (Å²) in [4.78, 5) is 23.1. The molecule has 0 atom stereocenters. The van der Waals surface area contributed by atoms with E-state index in [2.05, 4.69) is 48.5 Å². The number of hydrogen-bond acceptors (Lipinski definition) is 4. The van der Waals surface area contributed by atoms with Gasteiger partial charge < -0.3 is 10.6 Å². The molecule has 1 aliphatic heterocycles. The van der Waals surface area contributed by atoms with E-state index in [4.69, 9.17) is 0 Å². The minimum atomic E-state index is -0.314. The van der Waals surface area contributed by atoms with E-state index in [1.54, 1.807) is 0 Å². The first-order valence-corrected chi connectivity index (χ1v) is 6.83. The Morgan fingerprint density at radius 3 is 2.35 bits per heavy atom. The minimum Gasteiger partial charge on any atom is -0.348 e. The zero-order valence-corrected chi connectivity index (χ0v) is 12.4. The van der Waals surface area contributed by atoms with Crippen LogP contribution in [0.1, 0.15) is 51.0 Å². The van der Waals surface area contributed by atoms with Gasteiger partial charge in [0.05, 0.1) is 0 Å². The van der Waals surface area contributed by atoms with Crippen LogP contribution >= 0.6 is 0 Å². The number of amides is 1. The fourth-order valence-electron chi connectivity index (χ4n) is 3.15. The summed E-state index contributed by atoms with van der Waals surface area (Å²) in [5, 5.41) is 12.6. The molecule has 0 aliphatic carbocycles. The average Bonchev–Trinajstić information content (AvgIpc) is 2.25. The lowest BCUT2D eigenvalue weighted by Gasteiger charge is -2.46. The number of nitrogens with one attached hydrogen (secondary N) is 3. The predicted octanol–water partition coefficient (Wildman–Crippen LogP) is 0.809. The molecule has 1 fully saturated rings. The van der Waals surface area contributed by atoms with Gasteiger partial charge in [0.25, 0.3) is 11.5 Å². The van der Waals surface area contributed by atoms with Crippen molar-refractivity contribution in [1.29, 1.82) is 0 Å². The van der Waals surface area contributed by atoms with E-state index in [1.165, 1.54) is 12.1 Å². The van der Waals surface area contributed by atoms with Gasteiger partial charge in [-0.3, -0.25) is 9.59 Å². The predicted molar refractivity (Wildman–Crippen MR) is 76.6 cm³/mol. The van der Waals surface area contributed by atoms with Crippen molar-refractivity contribution in [3.8, 4) is 0 Å². The second kappa shape index (κ2) is 5.01. The Morgan fingerprint density at radius 1 is 1.25 bits per heavy atom. The summed E-state index contributed by atoms with van der Waals surface area (Å²) >= 11 is 0. The molecule has 20 heavy (non-hydrogen) atoms. The van der Waals surface area contributed by atoms with Crippen LogP contribution in [0.4, 0.5) is 0 Å². The summed E-state index contributed by atoms with van der Waals surface area (Å²) in [6.07, 6.45) is 1.71. The number of rotatable bonds is 2. The van der Waals surface area contributed by atoms with E-state index in [-0.39, 0.29) is 34.3 Å². The molecule has 1 aromatic rings. The summed E-state index contributed by atoms with van der Waals surface area (Å²) < 4.78 is 0. The Labute approximate surface area is 118 Å². The number of aromatic nitrogens is 2. The number of nitrogens with zero attached hydrogens (tertiary/aromatic N) is 1. The first-order valence-electron chi connectivity index (χ1n) is 6.83. The van der Waals surface area contributed by atoms with Crippen molar-refractivity contribution in [3.05, 3.63) is 28.2 Å². The van der Waals surface area contributed by atoms with Crippen LogP contribution in [0.5, 0.6) is 0 Å². The molecular weight excluding hydrogens is 256 g/mol. The van der Waals surface area contributed by atoms with Crippen molar-refractivity contribution in [2.24, 2.45) is 0 Å². The highest BCUT2D eigenvalue weighted by molar-refractivity contribution is 5.92. The third-order valence-corrected chi connectivity index (χ3v) is 3.44. The molecule has 3 N–H and O–H groups in total. The third-order valence-electron chi connectivity index (χ3n) is 3.44. The average molecular weight is 278 g/mol. The summed E-state index contributed by atoms with van der Waals surface area (Å²) in [5.74, 6) is -0.250. The van der Waals surface area contributed by atoms with Gasteiger partial charge in [0, 0.05) is 23.2 Å². The summed E-state index contributed by atoms with van der Waals surface area (Å²) in [6.45, 7) is 8.52. The van der Waals surface area contributed by atoms with Gasteiger partial charge >= 0.3 is 0 Å². The Morgan fingerprint density at radius 2 is 1.85 bits per heavy atom. The molecule has 0 bridgehead atoms. The Kier molecular flexibility index (Phi) is 3.69. The lowest BCUT2D eigenvalue weighted by atomic mass is 9.79. The van der Waals surface area contributed by atoms with E-state index in [9.17, 15) is 9.59 Å². The Bertz CT molecular complexity index is 526. The molecule has 6 nitrogen and oxygen atoms in total. The monoisotopic (exact) mass is 278 g/mol. The summed E-state index contributed by atoms with van der Waals surface area (Å²) in [5.41, 5.74) is -0.139. The molecule has 2 rings (SSSR count). The van der Waals surface area contributed by atoms with E-state index < -0.39 is 0 Å². The van der Waals surface area contributed by atoms with Crippen molar-refractivity contribution in [1.82, 2.24) is 20.8 Å². The fraction of sp³-hybridized carbons (Fsp3) is 0.643. The summed E-state index contributed by atoms with van der Waals surface area (Å²) in [6, 6.07) is 2.83. The van der Waals surface area contributed by atoms with Gasteiger partial charge in [-0.25, -0.2) is 5.10 Å². The zero-order valence-electron chi connectivity index (χ0n) is 12.4. The molecule has 2 heterocycles. The first kappa shape index (κ1) is 14.7. The molecule has 1 amide bonds. The van der Waals surface area contributed by atoms with Crippen molar-refractivity contribution < 1.29 is 4.79 Å². The van der Waals surface area contributed by atoms with Crippen molar-refractivity contribution in [2.45, 2.75) is 57.7 Å². The highest BCUT2D eigenvalue weighted by Gasteiger charge is 2.38. The van der Waals surface area contributed by atoms with Gasteiger partial charge in [-0.05, 0) is 46.6 Å². The maximum atomic E-state index is 12.1. The summed E-state index contributed by atoms with van der Waals surface area (Å²) in [7, 11) is 0. The highest BCUT2D eigenvalue weighted by Crippen LogP contribution is 2.28. The van der Waals surface area contributed by atoms with E-state index >= 15 is 0 Å². The van der Waals surface area contributed by atoms with Gasteiger partial charge in [0.15, 0.2) is 0 Å². The van der Waals surface area contributed by atoms with Gasteiger partial charge in [-0.1, -0.05) is 0 Å². The second-order valence-corrected chi connectivity index (χ2v) is 6.78. The van der Waals surface area contributed by atoms with E-state index in [1.807, 2.05) is 0 Å². The van der Waals surface area contributed by atoms with Gasteiger partial charge in [-0.15, -0.1) is 0 Å². The number of H-pyrrole nitrogens is 1. The lowest BCUT2D eigenvalue weighted by molar-refractivity contribution is 0.0867. The number of hydrogen-bond donors (Lipinski definition) is 3. The number of carbonyl (C=O) groups is 1. The van der Waals surface area contributed by atoms with Crippen LogP contribution in [0.3, 0.4) is 0 Å². The first-order chi connectivity index (χ1) is 9.17. The molecule has 0 aromatic carbocycles. The molecule has 1 aliphatic rings. The minimum absolute atomic E-state index is 0.0296. The van der Waals surface area contributed by atoms with Crippen molar-refractivity contribution in [2.75, 3.05) is 0 Å². The van der Waals surface area contributed by atoms with Gasteiger partial charge in [0.2, 0.25) is 0 Å². The lowest BCUT2D eigenvalue weighted by Crippen LogP contribution is -2.62. The molecule has 1 saturated heterocycles. The highest BCUT2D eigenvalue weighted by atomic mass is 16.2. The fourth-order valence-corrected chi connectivity index (χ4v) is 3.15. The van der Waals surface area contributed by atoms with Crippen LogP contribution in [0, 0.1) is 0 Å². The number of carbonyl (C=O) groups excluding carboxylic acids is 1. The van der Waals surface area contributed by atoms with Crippen LogP contribution in [-0.4, -0.2) is 33.2 Å². The largest absolute Gasteiger partial charge is 0.348 e. The van der Waals surface area contributed by atoms with Crippen LogP contribution in [-0.2, 0) is 0 Å². The Hall–Kier alpha value is -1.69. The maximum Gasteiger partial charge on any atom is 0.271 e. The second-order valence-electron chi connectivity index (χ2n) is 6.78. The van der Waals surface area contributed by atoms with Gasteiger partial charge in [-0.2, -0.15) is 5.10 Å². The molecule has 1 aromatic heterocycles. The molecule has 0 unspecified atom stereocenters. The standard InChI is InChI=1S/C14H22N4O2/c1-13(2)7-9(8-14(3,4)18-13)15-12(20)10-5-6-11(19)17-16-10/h5-6,9,18H,7-8H2,1-4H3,(H,15,20)(H,17,19). The van der Waals surface area contributed by atoms with Crippen LogP contribution in [0.15, 0.2) is 16.9 Å². The molecule has 0 spiro atoms. The van der Waals surface area contributed by atoms with Crippen LogP contribution < -0.4 is 16.2 Å². The normalized spacial score (nSPS) is 21.4. The maximum absolute atomic E-state index is 12.1. The molecule has 6 heteroatoms. The third kappa shape index (κ3) is 3.66. The smallest absolute Gasteiger partial charge is 0.271 e. The van der Waals surface area contributed by atoms with Crippen molar-refractivity contribution >= 4 is 5.91 Å². The topological polar surface area (TPSA) is 86.9 Å². The molecular formula is C14H22N4O2. The number of aromatic amines is 1. The zero-order chi connectivity index (χ0) is 15.0. The van der Waals surface area contributed by atoms with E-state index in [0.717, 1.165) is 12.8 Å². The Balaban J connectivity index is 2.07. The van der Waals surface area contributed by atoms with Crippen LogP contribution in [0.25, 0.3) is 0 Å². The van der Waals surface area contributed by atoms with E-state index in [0.29, 0.717) is 0 Å². The quantitative estimate of drug-likeness (QED) is 0.747. The van der Waals surface area contributed by atoms with Gasteiger partial charge in [0.1, 0.15) is 5.69 Å². The van der Waals surface area contributed by atoms with Crippen molar-refractivity contribution in [3.63, 3.8) is 0 Å². The SMILES string of the molecule is CC1(C)CC(NC(=O)c2ccc(=O)[nH]n2)CC(C)(C)N1. The molecule has 0 saturated carbocycles. The molecule has 110 valence electrons. The number of piperidine rings is 1.